The molecule has 10 heteroatoms. The maximum Gasteiger partial charge on any atom is 0.329 e. The quantitative estimate of drug-likeness (QED) is 0.321. The van der Waals surface area contributed by atoms with E-state index in [4.69, 9.17) is 10.5 Å². The summed E-state index contributed by atoms with van der Waals surface area (Å²) in [6.45, 7) is 1.62. The van der Waals surface area contributed by atoms with Gasteiger partial charge in [-0.2, -0.15) is 0 Å². The van der Waals surface area contributed by atoms with Gasteiger partial charge in [-0.1, -0.05) is 30.3 Å². The molecule has 10 nitrogen and oxygen atoms in total. The second-order valence-corrected chi connectivity index (χ2v) is 5.46. The Morgan fingerprint density at radius 3 is 2.54 bits per heavy atom. The fourth-order valence-electron chi connectivity index (χ4n) is 2.25. The van der Waals surface area contributed by atoms with Gasteiger partial charge in [0.25, 0.3) is 0 Å². The van der Waals surface area contributed by atoms with Crippen molar-refractivity contribution >= 4 is 23.4 Å². The van der Waals surface area contributed by atoms with Crippen molar-refractivity contribution in [3.05, 3.63) is 58.0 Å². The molecule has 2 rings (SSSR count). The highest BCUT2D eigenvalue weighted by Gasteiger charge is 2.35. The number of rotatable bonds is 7. The molecule has 2 aromatic rings. The van der Waals surface area contributed by atoms with Gasteiger partial charge in [0.05, 0.1) is 4.92 Å². The SMILES string of the molecule is CC(Cc1ccccc1)OC(=O)C(C(=O)O)c1ncc([N+](=O)[O-])c(N)n1. The van der Waals surface area contributed by atoms with E-state index >= 15 is 0 Å². The first-order valence-corrected chi connectivity index (χ1v) is 7.53. The summed E-state index contributed by atoms with van der Waals surface area (Å²) in [5, 5.41) is 20.0. The number of nitrogens with two attached hydrogens (primary N) is 1. The van der Waals surface area contributed by atoms with Gasteiger partial charge >= 0.3 is 17.6 Å². The molecule has 0 saturated heterocycles. The van der Waals surface area contributed by atoms with Gasteiger partial charge in [0.1, 0.15) is 12.3 Å². The predicted molar refractivity (Wildman–Crippen MR) is 89.2 cm³/mol. The van der Waals surface area contributed by atoms with E-state index in [1.807, 2.05) is 30.3 Å². The number of hydrogen-bond donors (Lipinski definition) is 2. The van der Waals surface area contributed by atoms with Crippen LogP contribution >= 0.6 is 0 Å². The average Bonchev–Trinajstić information content (AvgIpc) is 2.55. The van der Waals surface area contributed by atoms with E-state index in [2.05, 4.69) is 9.97 Å². The molecule has 0 bridgehead atoms. The molecule has 1 aromatic carbocycles. The summed E-state index contributed by atoms with van der Waals surface area (Å²) in [4.78, 5) is 40.8. The Hall–Kier alpha value is -3.56. The summed E-state index contributed by atoms with van der Waals surface area (Å²) in [7, 11) is 0. The highest BCUT2D eigenvalue weighted by Crippen LogP contribution is 2.22. The zero-order chi connectivity index (χ0) is 19.3. The lowest BCUT2D eigenvalue weighted by molar-refractivity contribution is -0.384. The molecule has 0 aliphatic carbocycles. The molecule has 0 spiro atoms. The molecule has 0 amide bonds. The Kier molecular flexibility index (Phi) is 5.78. The van der Waals surface area contributed by atoms with E-state index < -0.39 is 46.2 Å². The van der Waals surface area contributed by atoms with E-state index in [0.717, 1.165) is 11.8 Å². The molecule has 1 aromatic heterocycles. The lowest BCUT2D eigenvalue weighted by atomic mass is 10.1. The second kappa shape index (κ2) is 8.01. The van der Waals surface area contributed by atoms with Crippen LogP contribution in [0, 0.1) is 10.1 Å². The molecule has 0 fully saturated rings. The summed E-state index contributed by atoms with van der Waals surface area (Å²) in [5.74, 6) is -5.46. The smallest absolute Gasteiger partial charge is 0.329 e. The number of nitrogens with zero attached hydrogens (tertiary/aromatic N) is 3. The highest BCUT2D eigenvalue weighted by atomic mass is 16.6. The Labute approximate surface area is 147 Å². The van der Waals surface area contributed by atoms with E-state index in [1.165, 1.54) is 0 Å². The number of carbonyl (C=O) groups is 2. The number of hydrogen-bond acceptors (Lipinski definition) is 8. The molecule has 136 valence electrons. The molecular formula is C16H16N4O6. The molecule has 1 heterocycles. The maximum atomic E-state index is 12.3. The van der Waals surface area contributed by atoms with Crippen LogP contribution in [0.2, 0.25) is 0 Å². The van der Waals surface area contributed by atoms with Gasteiger partial charge in [0.15, 0.2) is 5.82 Å². The summed E-state index contributed by atoms with van der Waals surface area (Å²) in [6, 6.07) is 9.20. The van der Waals surface area contributed by atoms with E-state index in [-0.39, 0.29) is 0 Å². The Bertz CT molecular complexity index is 827. The largest absolute Gasteiger partial charge is 0.480 e. The molecule has 0 radical (unpaired) electrons. The van der Waals surface area contributed by atoms with Crippen molar-refractivity contribution in [2.24, 2.45) is 0 Å². The number of aromatic nitrogens is 2. The monoisotopic (exact) mass is 360 g/mol. The third-order valence-corrected chi connectivity index (χ3v) is 3.44. The zero-order valence-corrected chi connectivity index (χ0v) is 13.7. The number of ether oxygens (including phenoxy) is 1. The molecule has 2 unspecified atom stereocenters. The van der Waals surface area contributed by atoms with Crippen molar-refractivity contribution in [3.8, 4) is 0 Å². The number of nitrogen functional groups attached to an aromatic ring is 1. The average molecular weight is 360 g/mol. The lowest BCUT2D eigenvalue weighted by Gasteiger charge is -2.16. The van der Waals surface area contributed by atoms with E-state index in [0.29, 0.717) is 6.42 Å². The van der Waals surface area contributed by atoms with Crippen molar-refractivity contribution in [3.63, 3.8) is 0 Å². The molecule has 3 N–H and O–H groups in total. The minimum atomic E-state index is -1.84. The maximum absolute atomic E-state index is 12.3. The summed E-state index contributed by atoms with van der Waals surface area (Å²) >= 11 is 0. The van der Waals surface area contributed by atoms with Gasteiger partial charge in [0.2, 0.25) is 11.7 Å². The van der Waals surface area contributed by atoms with Gasteiger partial charge in [-0.3, -0.25) is 19.7 Å². The van der Waals surface area contributed by atoms with Crippen molar-refractivity contribution in [1.29, 1.82) is 0 Å². The number of carbonyl (C=O) groups excluding carboxylic acids is 1. The summed E-state index contributed by atoms with van der Waals surface area (Å²) in [5.41, 5.74) is 5.76. The van der Waals surface area contributed by atoms with Crippen LogP contribution < -0.4 is 5.73 Å². The van der Waals surface area contributed by atoms with Crippen LogP contribution in [0.25, 0.3) is 0 Å². The number of esters is 1. The van der Waals surface area contributed by atoms with Crippen molar-refractivity contribution < 1.29 is 24.4 Å². The van der Waals surface area contributed by atoms with E-state index in [9.17, 15) is 24.8 Å². The van der Waals surface area contributed by atoms with Gasteiger partial charge in [0, 0.05) is 6.42 Å². The van der Waals surface area contributed by atoms with Crippen LogP contribution in [-0.4, -0.2) is 38.0 Å². The number of benzene rings is 1. The van der Waals surface area contributed by atoms with Crippen molar-refractivity contribution in [1.82, 2.24) is 9.97 Å². The summed E-state index contributed by atoms with van der Waals surface area (Å²) in [6.07, 6.45) is 0.554. The first kappa shape index (κ1) is 18.8. The fourth-order valence-corrected chi connectivity index (χ4v) is 2.25. The van der Waals surface area contributed by atoms with Gasteiger partial charge in [-0.25, -0.2) is 9.97 Å². The van der Waals surface area contributed by atoms with Gasteiger partial charge in [-0.15, -0.1) is 0 Å². The minimum absolute atomic E-state index is 0.391. The third kappa shape index (κ3) is 4.50. The molecule has 0 aliphatic rings. The third-order valence-electron chi connectivity index (χ3n) is 3.44. The number of carboxylic acid groups (broad SMARTS) is 1. The standard InChI is InChI=1S/C16H16N4O6/c1-9(7-10-5-3-2-4-6-10)26-16(23)12(15(21)22)14-18-8-11(20(24)25)13(17)19-14/h2-6,8-9,12H,7H2,1H3,(H,21,22)(H2,17,18,19). The van der Waals surface area contributed by atoms with Crippen LogP contribution in [0.1, 0.15) is 24.2 Å². The first-order valence-electron chi connectivity index (χ1n) is 7.53. The molecule has 0 aliphatic heterocycles. The fraction of sp³-hybridized carbons (Fsp3) is 0.250. The molecule has 2 atom stereocenters. The lowest BCUT2D eigenvalue weighted by Crippen LogP contribution is -2.29. The summed E-state index contributed by atoms with van der Waals surface area (Å²) < 4.78 is 5.18. The number of carboxylic acids is 1. The van der Waals surface area contributed by atoms with Crippen molar-refractivity contribution in [2.45, 2.75) is 25.4 Å². The highest BCUT2D eigenvalue weighted by molar-refractivity contribution is 5.99. The van der Waals surface area contributed by atoms with Crippen LogP contribution in [0.5, 0.6) is 0 Å². The normalized spacial score (nSPS) is 12.8. The zero-order valence-electron chi connectivity index (χ0n) is 13.7. The Morgan fingerprint density at radius 2 is 2.00 bits per heavy atom. The van der Waals surface area contributed by atoms with Gasteiger partial charge in [-0.05, 0) is 12.5 Å². The first-order chi connectivity index (χ1) is 12.3. The van der Waals surface area contributed by atoms with Crippen LogP contribution in [0.3, 0.4) is 0 Å². The van der Waals surface area contributed by atoms with Crippen LogP contribution in [0.15, 0.2) is 36.5 Å². The van der Waals surface area contributed by atoms with Crippen molar-refractivity contribution in [2.75, 3.05) is 5.73 Å². The predicted octanol–water partition coefficient (Wildman–Crippen LogP) is 1.31. The van der Waals surface area contributed by atoms with Crippen LogP contribution in [0.4, 0.5) is 11.5 Å². The number of nitro groups is 1. The van der Waals surface area contributed by atoms with Gasteiger partial charge < -0.3 is 15.6 Å². The number of anilines is 1. The number of aliphatic carboxylic acids is 1. The molecular weight excluding hydrogens is 344 g/mol. The van der Waals surface area contributed by atoms with E-state index in [1.54, 1.807) is 6.92 Å². The Morgan fingerprint density at radius 1 is 1.35 bits per heavy atom. The van der Waals surface area contributed by atoms with Crippen LogP contribution in [-0.2, 0) is 20.7 Å². The topological polar surface area (TPSA) is 159 Å². The second-order valence-electron chi connectivity index (χ2n) is 5.46. The molecule has 26 heavy (non-hydrogen) atoms. The minimum Gasteiger partial charge on any atom is -0.480 e. The molecule has 0 saturated carbocycles. The Balaban J connectivity index is 2.16.